The Kier molecular flexibility index (Phi) is 7.17. The predicted molar refractivity (Wildman–Crippen MR) is 109 cm³/mol. The summed E-state index contributed by atoms with van der Waals surface area (Å²) in [5.74, 6) is -1.59. The molecule has 9 heteroatoms. The first-order chi connectivity index (χ1) is 14.4. The fourth-order valence-electron chi connectivity index (χ4n) is 3.29. The highest BCUT2D eigenvalue weighted by atomic mass is 32.2. The summed E-state index contributed by atoms with van der Waals surface area (Å²) in [6.07, 6.45) is 1.13. The molecule has 1 aliphatic rings. The maximum absolute atomic E-state index is 12.9. The van der Waals surface area contributed by atoms with E-state index in [9.17, 15) is 22.4 Å². The molecule has 0 aromatic heterocycles. The number of piperidine rings is 1. The number of carbonyl (C=O) groups is 2. The molecule has 0 unspecified atom stereocenters. The third-order valence-electron chi connectivity index (χ3n) is 4.96. The second kappa shape index (κ2) is 9.82. The van der Waals surface area contributed by atoms with Crippen LogP contribution in [0.25, 0.3) is 0 Å². The minimum absolute atomic E-state index is 0.0836. The molecule has 3 rings (SSSR count). The normalized spacial score (nSPS) is 17.3. The molecule has 1 heterocycles. The van der Waals surface area contributed by atoms with Crippen molar-refractivity contribution in [3.63, 3.8) is 0 Å². The van der Waals surface area contributed by atoms with Crippen molar-refractivity contribution in [2.45, 2.75) is 24.3 Å². The van der Waals surface area contributed by atoms with Crippen LogP contribution in [0.1, 0.15) is 18.4 Å². The van der Waals surface area contributed by atoms with E-state index in [1.165, 1.54) is 28.6 Å². The molecular formula is C21H24FN3O4S. The summed E-state index contributed by atoms with van der Waals surface area (Å²) in [7, 11) is -3.65. The molecule has 0 spiro atoms. The number of amides is 2. The molecular weight excluding hydrogens is 409 g/mol. The number of nitrogens with zero attached hydrogens (tertiary/aromatic N) is 1. The summed E-state index contributed by atoms with van der Waals surface area (Å²) in [6.45, 7) is 0.461. The number of hydrogen-bond acceptors (Lipinski definition) is 4. The van der Waals surface area contributed by atoms with Crippen molar-refractivity contribution in [2.75, 3.05) is 19.6 Å². The van der Waals surface area contributed by atoms with Crippen LogP contribution in [0.2, 0.25) is 0 Å². The Bertz CT molecular complexity index is 981. The molecule has 30 heavy (non-hydrogen) atoms. The van der Waals surface area contributed by atoms with Crippen molar-refractivity contribution in [1.82, 2.24) is 14.9 Å². The molecule has 2 N–H and O–H groups in total. The minimum Gasteiger partial charge on any atom is -0.350 e. The number of halogens is 1. The molecule has 160 valence electrons. The Balaban J connectivity index is 1.49. The minimum atomic E-state index is -3.65. The van der Waals surface area contributed by atoms with Gasteiger partial charge in [-0.2, -0.15) is 4.31 Å². The van der Waals surface area contributed by atoms with Gasteiger partial charge in [-0.05, 0) is 42.7 Å². The molecule has 1 atom stereocenters. The van der Waals surface area contributed by atoms with Gasteiger partial charge in [0, 0.05) is 19.6 Å². The molecule has 2 amide bonds. The summed E-state index contributed by atoms with van der Waals surface area (Å²) >= 11 is 0. The summed E-state index contributed by atoms with van der Waals surface area (Å²) in [5, 5.41) is 5.23. The lowest BCUT2D eigenvalue weighted by molar-refractivity contribution is -0.129. The number of hydrogen-bond donors (Lipinski definition) is 2. The van der Waals surface area contributed by atoms with Gasteiger partial charge in [-0.3, -0.25) is 9.59 Å². The largest absolute Gasteiger partial charge is 0.350 e. The van der Waals surface area contributed by atoms with Crippen LogP contribution in [-0.4, -0.2) is 44.2 Å². The second-order valence-corrected chi connectivity index (χ2v) is 9.07. The Morgan fingerprint density at radius 2 is 1.73 bits per heavy atom. The van der Waals surface area contributed by atoms with Gasteiger partial charge in [0.05, 0.1) is 17.4 Å². The SMILES string of the molecule is O=C(CNC(=O)[C@H]1CCCN(S(=O)(=O)c2ccccc2)C1)NCc1ccc(F)cc1. The van der Waals surface area contributed by atoms with Crippen molar-refractivity contribution in [3.8, 4) is 0 Å². The molecule has 2 aromatic carbocycles. The van der Waals surface area contributed by atoms with Crippen LogP contribution < -0.4 is 10.6 Å². The van der Waals surface area contributed by atoms with Gasteiger partial charge in [0.15, 0.2) is 0 Å². The number of rotatable bonds is 7. The van der Waals surface area contributed by atoms with E-state index < -0.39 is 15.9 Å². The first-order valence-electron chi connectivity index (χ1n) is 9.70. The van der Waals surface area contributed by atoms with Gasteiger partial charge in [-0.15, -0.1) is 0 Å². The van der Waals surface area contributed by atoms with Gasteiger partial charge in [0.25, 0.3) is 0 Å². The van der Waals surface area contributed by atoms with Crippen LogP contribution in [0.15, 0.2) is 59.5 Å². The van der Waals surface area contributed by atoms with E-state index >= 15 is 0 Å². The lowest BCUT2D eigenvalue weighted by Gasteiger charge is -2.31. The quantitative estimate of drug-likeness (QED) is 0.694. The molecule has 2 aromatic rings. The highest BCUT2D eigenvalue weighted by Crippen LogP contribution is 2.23. The van der Waals surface area contributed by atoms with Crippen molar-refractivity contribution < 1.29 is 22.4 Å². The molecule has 1 aliphatic heterocycles. The van der Waals surface area contributed by atoms with Gasteiger partial charge < -0.3 is 10.6 Å². The number of nitrogens with one attached hydrogen (secondary N) is 2. The maximum Gasteiger partial charge on any atom is 0.243 e. The van der Waals surface area contributed by atoms with Crippen molar-refractivity contribution in [3.05, 3.63) is 66.0 Å². The van der Waals surface area contributed by atoms with Gasteiger partial charge in [0.1, 0.15) is 5.82 Å². The zero-order valence-electron chi connectivity index (χ0n) is 16.4. The van der Waals surface area contributed by atoms with E-state index in [4.69, 9.17) is 0 Å². The third-order valence-corrected chi connectivity index (χ3v) is 6.84. The fraction of sp³-hybridized carbons (Fsp3) is 0.333. The summed E-state index contributed by atoms with van der Waals surface area (Å²) < 4.78 is 39.8. The maximum atomic E-state index is 12.9. The predicted octanol–water partition coefficient (Wildman–Crippen LogP) is 1.66. The van der Waals surface area contributed by atoms with E-state index in [-0.39, 0.29) is 42.2 Å². The van der Waals surface area contributed by atoms with Gasteiger partial charge in [-0.25, -0.2) is 12.8 Å². The van der Waals surface area contributed by atoms with E-state index in [1.54, 1.807) is 30.3 Å². The second-order valence-electron chi connectivity index (χ2n) is 7.14. The molecule has 1 fully saturated rings. The van der Waals surface area contributed by atoms with Crippen LogP contribution in [0, 0.1) is 11.7 Å². The van der Waals surface area contributed by atoms with Crippen molar-refractivity contribution in [1.29, 1.82) is 0 Å². The average molecular weight is 434 g/mol. The van der Waals surface area contributed by atoms with E-state index in [0.29, 0.717) is 19.4 Å². The smallest absolute Gasteiger partial charge is 0.243 e. The number of sulfonamides is 1. The van der Waals surface area contributed by atoms with Crippen LogP contribution in [0.4, 0.5) is 4.39 Å². The lowest BCUT2D eigenvalue weighted by atomic mass is 9.99. The average Bonchev–Trinajstić information content (AvgIpc) is 2.77. The Morgan fingerprint density at radius 3 is 2.43 bits per heavy atom. The Hall–Kier alpha value is -2.78. The number of carbonyl (C=O) groups excluding carboxylic acids is 2. The standard InChI is InChI=1S/C21H24FN3O4S/c22-18-10-8-16(9-11-18)13-23-20(26)14-24-21(27)17-5-4-12-25(15-17)30(28,29)19-6-2-1-3-7-19/h1-3,6-11,17H,4-5,12-15H2,(H,23,26)(H,24,27)/t17-/m0/s1. The Morgan fingerprint density at radius 1 is 1.03 bits per heavy atom. The Labute approximate surface area is 175 Å². The highest BCUT2D eigenvalue weighted by molar-refractivity contribution is 7.89. The number of benzene rings is 2. The van der Waals surface area contributed by atoms with Crippen LogP contribution in [0.5, 0.6) is 0 Å². The monoisotopic (exact) mass is 433 g/mol. The summed E-state index contributed by atoms with van der Waals surface area (Å²) in [6, 6.07) is 13.9. The fourth-order valence-corrected chi connectivity index (χ4v) is 4.84. The molecule has 0 radical (unpaired) electrons. The van der Waals surface area contributed by atoms with Crippen LogP contribution >= 0.6 is 0 Å². The van der Waals surface area contributed by atoms with Gasteiger partial charge >= 0.3 is 0 Å². The molecule has 0 bridgehead atoms. The highest BCUT2D eigenvalue weighted by Gasteiger charge is 2.33. The lowest BCUT2D eigenvalue weighted by Crippen LogP contribution is -2.47. The molecule has 0 aliphatic carbocycles. The van der Waals surface area contributed by atoms with E-state index in [1.807, 2.05) is 0 Å². The first kappa shape index (κ1) is 21.9. The van der Waals surface area contributed by atoms with Crippen molar-refractivity contribution in [2.24, 2.45) is 5.92 Å². The summed E-state index contributed by atoms with van der Waals surface area (Å²) in [5.41, 5.74) is 0.741. The molecule has 1 saturated heterocycles. The van der Waals surface area contributed by atoms with Gasteiger partial charge in [0.2, 0.25) is 21.8 Å². The van der Waals surface area contributed by atoms with E-state index in [2.05, 4.69) is 10.6 Å². The summed E-state index contributed by atoms with van der Waals surface area (Å²) in [4.78, 5) is 24.6. The zero-order valence-corrected chi connectivity index (χ0v) is 17.2. The first-order valence-corrected chi connectivity index (χ1v) is 11.1. The molecule has 0 saturated carbocycles. The topological polar surface area (TPSA) is 95.6 Å². The van der Waals surface area contributed by atoms with E-state index in [0.717, 1.165) is 5.56 Å². The van der Waals surface area contributed by atoms with Crippen molar-refractivity contribution >= 4 is 21.8 Å². The molecule has 7 nitrogen and oxygen atoms in total. The zero-order chi connectivity index (χ0) is 21.6. The third kappa shape index (κ3) is 5.64. The van der Waals surface area contributed by atoms with Crippen LogP contribution in [0.3, 0.4) is 0 Å². The van der Waals surface area contributed by atoms with Crippen LogP contribution in [-0.2, 0) is 26.2 Å². The van der Waals surface area contributed by atoms with Gasteiger partial charge in [-0.1, -0.05) is 30.3 Å².